The summed E-state index contributed by atoms with van der Waals surface area (Å²) in [5, 5.41) is 11.3. The fourth-order valence-corrected chi connectivity index (χ4v) is 1.72. The molecule has 0 amide bonds. The van der Waals surface area contributed by atoms with Gasteiger partial charge in [-0.3, -0.25) is 10.1 Å². The second kappa shape index (κ2) is 5.42. The summed E-state index contributed by atoms with van der Waals surface area (Å²) in [6.07, 6.45) is 5.39. The van der Waals surface area contributed by atoms with E-state index in [0.29, 0.717) is 0 Å². The average Bonchev–Trinajstić information content (AvgIpc) is 2.19. The van der Waals surface area contributed by atoms with Crippen LogP contribution in [0.25, 0.3) is 0 Å². The van der Waals surface area contributed by atoms with Gasteiger partial charge < -0.3 is 9.47 Å². The van der Waals surface area contributed by atoms with Gasteiger partial charge in [-0.1, -0.05) is 12.2 Å². The highest BCUT2D eigenvalue weighted by molar-refractivity contribution is 5.20. The Balaban J connectivity index is 3.02. The van der Waals surface area contributed by atoms with Crippen molar-refractivity contribution in [2.75, 3.05) is 0 Å². The number of allylic oxidation sites excluding steroid dienone is 2. The summed E-state index contributed by atoms with van der Waals surface area (Å²) in [5.41, 5.74) is -1.62. The number of ether oxygens (including phenoxy) is 2. The molecule has 0 saturated heterocycles. The van der Waals surface area contributed by atoms with Gasteiger partial charge in [0, 0.05) is 6.08 Å². The summed E-state index contributed by atoms with van der Waals surface area (Å²) in [6.45, 7) is 7.21. The fourth-order valence-electron chi connectivity index (χ4n) is 1.72. The molecular formula is C12H19NO4. The molecule has 0 radical (unpaired) electrons. The van der Waals surface area contributed by atoms with Crippen molar-refractivity contribution in [1.82, 2.24) is 0 Å². The number of rotatable bonds is 5. The molecule has 2 atom stereocenters. The molecule has 0 fully saturated rings. The Hall–Kier alpha value is -1.20. The van der Waals surface area contributed by atoms with E-state index in [2.05, 4.69) is 0 Å². The predicted octanol–water partition coefficient (Wildman–Crippen LogP) is 2.30. The van der Waals surface area contributed by atoms with E-state index in [1.54, 1.807) is 32.1 Å². The Morgan fingerprint density at radius 2 is 1.88 bits per heavy atom. The second-order valence-corrected chi connectivity index (χ2v) is 4.53. The van der Waals surface area contributed by atoms with Crippen LogP contribution in [0.2, 0.25) is 0 Å². The van der Waals surface area contributed by atoms with Gasteiger partial charge in [-0.15, -0.1) is 0 Å². The van der Waals surface area contributed by atoms with E-state index < -0.39 is 16.8 Å². The third kappa shape index (κ3) is 3.14. The lowest BCUT2D eigenvalue weighted by Crippen LogP contribution is -2.53. The normalized spacial score (nSPS) is 28.0. The van der Waals surface area contributed by atoms with Crippen LogP contribution in [0.15, 0.2) is 24.3 Å². The van der Waals surface area contributed by atoms with Crippen LogP contribution in [0.1, 0.15) is 27.7 Å². The molecule has 2 unspecified atom stereocenters. The predicted molar refractivity (Wildman–Crippen MR) is 64.2 cm³/mol. The summed E-state index contributed by atoms with van der Waals surface area (Å²) >= 11 is 0. The molecule has 1 aliphatic rings. The molecule has 17 heavy (non-hydrogen) atoms. The Morgan fingerprint density at radius 1 is 1.24 bits per heavy atom. The molecule has 0 aromatic heterocycles. The van der Waals surface area contributed by atoms with E-state index >= 15 is 0 Å². The Labute approximate surface area is 101 Å². The van der Waals surface area contributed by atoms with Crippen LogP contribution >= 0.6 is 0 Å². The maximum absolute atomic E-state index is 11.3. The van der Waals surface area contributed by atoms with E-state index in [1.165, 1.54) is 6.08 Å². The van der Waals surface area contributed by atoms with Gasteiger partial charge in [-0.05, 0) is 33.8 Å². The molecule has 1 rings (SSSR count). The first-order valence-electron chi connectivity index (χ1n) is 5.72. The first-order valence-corrected chi connectivity index (χ1v) is 5.72. The standard InChI is InChI=1S/C12H19NO4/c1-9(2)16-11-7-5-6-8-12(11,13(14)15)17-10(3)4/h5-11H,1-4H3. The first kappa shape index (κ1) is 13.9. The van der Waals surface area contributed by atoms with Crippen molar-refractivity contribution >= 4 is 0 Å². The van der Waals surface area contributed by atoms with Gasteiger partial charge in [0.15, 0.2) is 6.10 Å². The van der Waals surface area contributed by atoms with Gasteiger partial charge in [0.05, 0.1) is 17.1 Å². The minimum atomic E-state index is -1.62. The third-order valence-corrected chi connectivity index (χ3v) is 2.27. The number of nitrogens with zero attached hydrogens (tertiary/aromatic N) is 1. The summed E-state index contributed by atoms with van der Waals surface area (Å²) in [7, 11) is 0. The number of hydrogen-bond acceptors (Lipinski definition) is 4. The summed E-state index contributed by atoms with van der Waals surface area (Å²) in [4.78, 5) is 10.9. The largest absolute Gasteiger partial charge is 0.374 e. The minimum absolute atomic E-state index is 0.105. The molecule has 0 aromatic carbocycles. The van der Waals surface area contributed by atoms with Crippen LogP contribution in [-0.2, 0) is 9.47 Å². The Bertz CT molecular complexity index is 335. The fraction of sp³-hybridized carbons (Fsp3) is 0.667. The summed E-state index contributed by atoms with van der Waals surface area (Å²) < 4.78 is 11.1. The second-order valence-electron chi connectivity index (χ2n) is 4.53. The lowest BCUT2D eigenvalue weighted by atomic mass is 10.0. The molecule has 0 heterocycles. The minimum Gasteiger partial charge on any atom is -0.361 e. The molecule has 96 valence electrons. The van der Waals surface area contributed by atoms with Gasteiger partial charge in [0.1, 0.15) is 0 Å². The molecule has 1 aliphatic carbocycles. The Morgan fingerprint density at radius 3 is 2.35 bits per heavy atom. The highest BCUT2D eigenvalue weighted by Crippen LogP contribution is 2.28. The van der Waals surface area contributed by atoms with E-state index in [9.17, 15) is 10.1 Å². The zero-order valence-electron chi connectivity index (χ0n) is 10.6. The summed E-state index contributed by atoms with van der Waals surface area (Å²) in [6, 6.07) is 0. The molecule has 0 spiro atoms. The van der Waals surface area contributed by atoms with E-state index in [4.69, 9.17) is 9.47 Å². The monoisotopic (exact) mass is 241 g/mol. The van der Waals surface area contributed by atoms with Gasteiger partial charge in [0.25, 0.3) is 0 Å². The lowest BCUT2D eigenvalue weighted by molar-refractivity contribution is -0.628. The van der Waals surface area contributed by atoms with Crippen LogP contribution in [0.4, 0.5) is 0 Å². The van der Waals surface area contributed by atoms with Crippen molar-refractivity contribution < 1.29 is 14.4 Å². The Kier molecular flexibility index (Phi) is 4.42. The van der Waals surface area contributed by atoms with Gasteiger partial charge in [0.2, 0.25) is 0 Å². The van der Waals surface area contributed by atoms with Crippen molar-refractivity contribution in [1.29, 1.82) is 0 Å². The maximum Gasteiger partial charge on any atom is 0.374 e. The molecule has 5 heteroatoms. The molecular weight excluding hydrogens is 222 g/mol. The topological polar surface area (TPSA) is 61.6 Å². The molecule has 0 N–H and O–H groups in total. The highest BCUT2D eigenvalue weighted by atomic mass is 16.7. The lowest BCUT2D eigenvalue weighted by Gasteiger charge is -2.32. The molecule has 0 bridgehead atoms. The van der Waals surface area contributed by atoms with Crippen molar-refractivity contribution in [3.8, 4) is 0 Å². The van der Waals surface area contributed by atoms with Crippen LogP contribution in [0.5, 0.6) is 0 Å². The number of hydrogen-bond donors (Lipinski definition) is 0. The molecule has 5 nitrogen and oxygen atoms in total. The van der Waals surface area contributed by atoms with Crippen molar-refractivity contribution in [3.63, 3.8) is 0 Å². The van der Waals surface area contributed by atoms with Gasteiger partial charge in [-0.2, -0.15) is 0 Å². The number of nitro groups is 1. The SMILES string of the molecule is CC(C)OC1C=CC=CC1(OC(C)C)[N+](=O)[O-]. The highest BCUT2D eigenvalue weighted by Gasteiger charge is 2.51. The van der Waals surface area contributed by atoms with E-state index in [0.717, 1.165) is 0 Å². The maximum atomic E-state index is 11.3. The van der Waals surface area contributed by atoms with Crippen LogP contribution < -0.4 is 0 Å². The molecule has 0 aliphatic heterocycles. The van der Waals surface area contributed by atoms with Crippen molar-refractivity contribution in [2.24, 2.45) is 0 Å². The quantitative estimate of drug-likeness (QED) is 0.421. The average molecular weight is 241 g/mol. The van der Waals surface area contributed by atoms with E-state index in [-0.39, 0.29) is 12.2 Å². The molecule has 0 saturated carbocycles. The van der Waals surface area contributed by atoms with Gasteiger partial charge >= 0.3 is 5.72 Å². The smallest absolute Gasteiger partial charge is 0.361 e. The first-order chi connectivity index (χ1) is 7.88. The zero-order valence-corrected chi connectivity index (χ0v) is 10.6. The van der Waals surface area contributed by atoms with E-state index in [1.807, 2.05) is 13.8 Å². The zero-order chi connectivity index (χ0) is 13.1. The van der Waals surface area contributed by atoms with Crippen molar-refractivity contribution in [3.05, 3.63) is 34.4 Å². The van der Waals surface area contributed by atoms with Crippen LogP contribution in [0, 0.1) is 10.1 Å². The molecule has 0 aromatic rings. The van der Waals surface area contributed by atoms with Gasteiger partial charge in [-0.25, -0.2) is 0 Å². The van der Waals surface area contributed by atoms with Crippen molar-refractivity contribution in [2.45, 2.75) is 51.7 Å². The summed E-state index contributed by atoms with van der Waals surface area (Å²) in [5.74, 6) is 0. The third-order valence-electron chi connectivity index (χ3n) is 2.27. The van der Waals surface area contributed by atoms with Crippen LogP contribution in [0.3, 0.4) is 0 Å². The van der Waals surface area contributed by atoms with Crippen LogP contribution in [-0.4, -0.2) is 29.0 Å².